The summed E-state index contributed by atoms with van der Waals surface area (Å²) in [7, 11) is 0. The molecular weight excluding hydrogens is 262 g/mol. The molecule has 0 atom stereocenters. The third-order valence-corrected chi connectivity index (χ3v) is 2.34. The molecule has 1 N–H and O–H groups in total. The van der Waals surface area contributed by atoms with Crippen molar-refractivity contribution in [3.8, 4) is 11.3 Å². The van der Waals surface area contributed by atoms with Gasteiger partial charge >= 0.3 is 0 Å². The fourth-order valence-electron chi connectivity index (χ4n) is 1.50. The molecule has 0 aliphatic carbocycles. The predicted molar refractivity (Wildman–Crippen MR) is 61.5 cm³/mol. The molecule has 0 saturated carbocycles. The molecule has 0 amide bonds. The Labute approximate surface area is 106 Å². The average Bonchev–Trinajstić information content (AvgIpc) is 2.37. The molecule has 0 spiro atoms. The standard InChI is InChI=1S/C12H9F4N3/c1-2-17-12-18-5-10(16)11(19-12)6-3-8(14)9(15)4-7(6)13/h3-5H,2H2,1H3,(H,17,18,19). The number of anilines is 1. The van der Waals surface area contributed by atoms with E-state index in [1.807, 2.05) is 0 Å². The highest BCUT2D eigenvalue weighted by atomic mass is 19.2. The first kappa shape index (κ1) is 13.3. The monoisotopic (exact) mass is 271 g/mol. The Hall–Kier alpha value is -2.18. The molecule has 0 saturated heterocycles. The lowest BCUT2D eigenvalue weighted by Crippen LogP contribution is -2.05. The lowest BCUT2D eigenvalue weighted by Gasteiger charge is -2.07. The normalized spacial score (nSPS) is 10.6. The van der Waals surface area contributed by atoms with Crippen LogP contribution in [0.1, 0.15) is 6.92 Å². The largest absolute Gasteiger partial charge is 0.354 e. The van der Waals surface area contributed by atoms with Gasteiger partial charge in [-0.1, -0.05) is 0 Å². The van der Waals surface area contributed by atoms with E-state index < -0.39 is 34.5 Å². The van der Waals surface area contributed by atoms with Crippen molar-refractivity contribution in [2.45, 2.75) is 6.92 Å². The van der Waals surface area contributed by atoms with Crippen LogP contribution in [0, 0.1) is 23.3 Å². The molecule has 19 heavy (non-hydrogen) atoms. The smallest absolute Gasteiger partial charge is 0.223 e. The predicted octanol–water partition coefficient (Wildman–Crippen LogP) is 3.13. The van der Waals surface area contributed by atoms with Gasteiger partial charge in [-0.15, -0.1) is 0 Å². The highest BCUT2D eigenvalue weighted by Crippen LogP contribution is 2.26. The number of aromatic nitrogens is 2. The van der Waals surface area contributed by atoms with E-state index in [0.29, 0.717) is 18.7 Å². The summed E-state index contributed by atoms with van der Waals surface area (Å²) in [5.41, 5.74) is -0.889. The minimum Gasteiger partial charge on any atom is -0.354 e. The van der Waals surface area contributed by atoms with Gasteiger partial charge in [0.05, 0.1) is 6.20 Å². The Morgan fingerprint density at radius 3 is 2.37 bits per heavy atom. The molecule has 0 bridgehead atoms. The minimum absolute atomic E-state index is 0.0723. The number of nitrogens with zero attached hydrogens (tertiary/aromatic N) is 2. The Bertz CT molecular complexity index is 616. The van der Waals surface area contributed by atoms with Gasteiger partial charge in [0.25, 0.3) is 0 Å². The fraction of sp³-hybridized carbons (Fsp3) is 0.167. The maximum absolute atomic E-state index is 13.6. The van der Waals surface area contributed by atoms with E-state index in [9.17, 15) is 17.6 Å². The molecule has 0 unspecified atom stereocenters. The molecule has 7 heteroatoms. The maximum Gasteiger partial charge on any atom is 0.223 e. The maximum atomic E-state index is 13.6. The highest BCUT2D eigenvalue weighted by Gasteiger charge is 2.17. The lowest BCUT2D eigenvalue weighted by atomic mass is 10.1. The van der Waals surface area contributed by atoms with E-state index in [-0.39, 0.29) is 5.95 Å². The molecule has 1 heterocycles. The van der Waals surface area contributed by atoms with E-state index >= 15 is 0 Å². The second-order valence-corrected chi connectivity index (χ2v) is 3.67. The van der Waals surface area contributed by atoms with Gasteiger partial charge in [-0.25, -0.2) is 27.5 Å². The molecule has 0 aliphatic rings. The van der Waals surface area contributed by atoms with Crippen molar-refractivity contribution in [2.24, 2.45) is 0 Å². The van der Waals surface area contributed by atoms with Gasteiger partial charge in [-0.05, 0) is 13.0 Å². The van der Waals surface area contributed by atoms with Gasteiger partial charge in [0.1, 0.15) is 11.5 Å². The summed E-state index contributed by atoms with van der Waals surface area (Å²) in [6.45, 7) is 2.25. The first-order valence-electron chi connectivity index (χ1n) is 5.44. The fourth-order valence-corrected chi connectivity index (χ4v) is 1.50. The molecule has 1 aromatic carbocycles. The number of hydrogen-bond acceptors (Lipinski definition) is 3. The van der Waals surface area contributed by atoms with Crippen LogP contribution in [0.15, 0.2) is 18.3 Å². The van der Waals surface area contributed by atoms with Gasteiger partial charge in [-0.3, -0.25) is 0 Å². The zero-order valence-electron chi connectivity index (χ0n) is 9.85. The topological polar surface area (TPSA) is 37.8 Å². The van der Waals surface area contributed by atoms with Crippen molar-refractivity contribution in [3.63, 3.8) is 0 Å². The van der Waals surface area contributed by atoms with Crippen molar-refractivity contribution in [2.75, 3.05) is 11.9 Å². The zero-order chi connectivity index (χ0) is 14.0. The summed E-state index contributed by atoms with van der Waals surface area (Å²) in [6, 6.07) is 0.908. The van der Waals surface area contributed by atoms with Crippen LogP contribution in [0.5, 0.6) is 0 Å². The number of nitrogens with one attached hydrogen (secondary N) is 1. The third-order valence-electron chi connectivity index (χ3n) is 2.34. The molecular formula is C12H9F4N3. The van der Waals surface area contributed by atoms with E-state index in [2.05, 4.69) is 15.3 Å². The minimum atomic E-state index is -1.34. The zero-order valence-corrected chi connectivity index (χ0v) is 9.85. The van der Waals surface area contributed by atoms with E-state index in [0.717, 1.165) is 6.20 Å². The summed E-state index contributed by atoms with van der Waals surface area (Å²) >= 11 is 0. The summed E-state index contributed by atoms with van der Waals surface area (Å²) in [5, 5.41) is 2.71. The van der Waals surface area contributed by atoms with Crippen LogP contribution in [-0.4, -0.2) is 16.5 Å². The lowest BCUT2D eigenvalue weighted by molar-refractivity contribution is 0.495. The van der Waals surface area contributed by atoms with Crippen LogP contribution < -0.4 is 5.32 Å². The van der Waals surface area contributed by atoms with Crippen molar-refractivity contribution >= 4 is 5.95 Å². The summed E-state index contributed by atoms with van der Waals surface area (Å²) < 4.78 is 53.1. The van der Waals surface area contributed by atoms with Crippen LogP contribution in [0.4, 0.5) is 23.5 Å². The summed E-state index contributed by atoms with van der Waals surface area (Å²) in [6.07, 6.45) is 0.834. The Kier molecular flexibility index (Phi) is 3.64. The van der Waals surface area contributed by atoms with Gasteiger partial charge in [-0.2, -0.15) is 0 Å². The molecule has 1 aromatic heterocycles. The van der Waals surface area contributed by atoms with Crippen LogP contribution in [0.25, 0.3) is 11.3 Å². The van der Waals surface area contributed by atoms with Crippen LogP contribution in [0.3, 0.4) is 0 Å². The number of rotatable bonds is 3. The summed E-state index contributed by atoms with van der Waals surface area (Å²) in [4.78, 5) is 7.37. The van der Waals surface area contributed by atoms with Gasteiger partial charge in [0, 0.05) is 18.2 Å². The Morgan fingerprint density at radius 2 is 1.68 bits per heavy atom. The highest BCUT2D eigenvalue weighted by molar-refractivity contribution is 5.61. The Morgan fingerprint density at radius 1 is 1.00 bits per heavy atom. The molecule has 2 aromatic rings. The van der Waals surface area contributed by atoms with Gasteiger partial charge < -0.3 is 5.32 Å². The van der Waals surface area contributed by atoms with Gasteiger partial charge in [0.2, 0.25) is 5.95 Å². The number of benzene rings is 1. The van der Waals surface area contributed by atoms with Crippen molar-refractivity contribution in [1.29, 1.82) is 0 Å². The molecule has 3 nitrogen and oxygen atoms in total. The van der Waals surface area contributed by atoms with Crippen LogP contribution in [-0.2, 0) is 0 Å². The molecule has 0 radical (unpaired) electrons. The Balaban J connectivity index is 2.57. The third kappa shape index (κ3) is 2.64. The van der Waals surface area contributed by atoms with Crippen molar-refractivity contribution < 1.29 is 17.6 Å². The molecule has 100 valence electrons. The SMILES string of the molecule is CCNc1ncc(F)c(-c2cc(F)c(F)cc2F)n1. The van der Waals surface area contributed by atoms with E-state index in [4.69, 9.17) is 0 Å². The first-order chi connectivity index (χ1) is 9.02. The second-order valence-electron chi connectivity index (χ2n) is 3.67. The van der Waals surface area contributed by atoms with Gasteiger partial charge in [0.15, 0.2) is 17.5 Å². The van der Waals surface area contributed by atoms with Crippen LogP contribution in [0.2, 0.25) is 0 Å². The van der Waals surface area contributed by atoms with E-state index in [1.165, 1.54) is 0 Å². The van der Waals surface area contributed by atoms with Crippen molar-refractivity contribution in [3.05, 3.63) is 41.6 Å². The number of halogens is 4. The molecule has 0 aliphatic heterocycles. The van der Waals surface area contributed by atoms with E-state index in [1.54, 1.807) is 6.92 Å². The first-order valence-corrected chi connectivity index (χ1v) is 5.44. The number of hydrogen-bond donors (Lipinski definition) is 1. The van der Waals surface area contributed by atoms with Crippen LogP contribution >= 0.6 is 0 Å². The average molecular weight is 271 g/mol. The molecule has 0 fully saturated rings. The van der Waals surface area contributed by atoms with Crippen molar-refractivity contribution in [1.82, 2.24) is 9.97 Å². The quantitative estimate of drug-likeness (QED) is 0.688. The second kappa shape index (κ2) is 5.21. The summed E-state index contributed by atoms with van der Waals surface area (Å²) in [5.74, 6) is -4.57. The molecule has 2 rings (SSSR count).